The van der Waals surface area contributed by atoms with Gasteiger partial charge in [0.2, 0.25) is 0 Å². The number of carbonyl (C=O) groups is 1. The Morgan fingerprint density at radius 2 is 2.06 bits per heavy atom. The number of aromatic nitrogens is 1. The molecule has 2 aromatic rings. The summed E-state index contributed by atoms with van der Waals surface area (Å²) >= 11 is 0. The maximum atomic E-state index is 12.1. The molecule has 1 heterocycles. The number of carbonyl (C=O) groups excluding carboxylic acids is 1. The first-order chi connectivity index (χ1) is 8.16. The van der Waals surface area contributed by atoms with Gasteiger partial charge in [0, 0.05) is 23.1 Å². The van der Waals surface area contributed by atoms with Gasteiger partial charge in [-0.1, -0.05) is 17.7 Å². The summed E-state index contributed by atoms with van der Waals surface area (Å²) in [5, 5.41) is 1.38. The fourth-order valence-corrected chi connectivity index (χ4v) is 2.14. The molecule has 1 aromatic carbocycles. The monoisotopic (exact) mass is 227 g/mol. The summed E-state index contributed by atoms with van der Waals surface area (Å²) in [6, 6.07) is 5.64. The van der Waals surface area contributed by atoms with Crippen LogP contribution in [0.2, 0.25) is 0 Å². The number of fused-ring (bicyclic) bond motifs is 1. The van der Waals surface area contributed by atoms with E-state index in [4.69, 9.17) is 0 Å². The zero-order chi connectivity index (χ0) is 12.0. The molecule has 1 fully saturated rings. The Labute approximate surface area is 98.5 Å². The molecular weight excluding hydrogens is 214 g/mol. The van der Waals surface area contributed by atoms with E-state index in [1.165, 1.54) is 0 Å². The van der Waals surface area contributed by atoms with Gasteiger partial charge in [-0.05, 0) is 31.2 Å². The van der Waals surface area contributed by atoms with Gasteiger partial charge in [-0.25, -0.2) is 0 Å². The van der Waals surface area contributed by atoms with E-state index in [-0.39, 0.29) is 17.3 Å². The molecule has 1 aliphatic carbocycles. The van der Waals surface area contributed by atoms with Gasteiger partial charge >= 0.3 is 0 Å². The molecule has 0 bridgehead atoms. The number of hydrogen-bond acceptors (Lipinski definition) is 2. The van der Waals surface area contributed by atoms with Crippen molar-refractivity contribution < 1.29 is 4.79 Å². The van der Waals surface area contributed by atoms with Gasteiger partial charge < -0.3 is 4.98 Å². The van der Waals surface area contributed by atoms with E-state index in [2.05, 4.69) is 4.98 Å². The van der Waals surface area contributed by atoms with Crippen molar-refractivity contribution in [2.45, 2.75) is 19.8 Å². The van der Waals surface area contributed by atoms with Gasteiger partial charge in [-0.3, -0.25) is 9.59 Å². The Bertz CT molecular complexity index is 665. The number of aryl methyl sites for hydroxylation is 1. The smallest absolute Gasteiger partial charge is 0.255 e. The standard InChI is InChI=1S/C14H13NO2/c1-8-2-5-10-11(6-8)14(17)15-7-12(10)13(16)9-3-4-9/h2,5-7,9H,3-4H2,1H3,(H,15,17). The third-order valence-corrected chi connectivity index (χ3v) is 3.27. The van der Waals surface area contributed by atoms with Crippen molar-refractivity contribution in [1.82, 2.24) is 4.98 Å². The lowest BCUT2D eigenvalue weighted by molar-refractivity contribution is 0.0969. The first kappa shape index (κ1) is 10.3. The summed E-state index contributed by atoms with van der Waals surface area (Å²) in [7, 11) is 0. The number of benzene rings is 1. The Hall–Kier alpha value is -1.90. The fourth-order valence-electron chi connectivity index (χ4n) is 2.14. The number of Topliss-reactive ketones (excluding diaryl/α,β-unsaturated/α-hetero) is 1. The Morgan fingerprint density at radius 3 is 2.76 bits per heavy atom. The number of nitrogens with one attached hydrogen (secondary N) is 1. The maximum Gasteiger partial charge on any atom is 0.255 e. The normalized spacial score (nSPS) is 15.1. The van der Waals surface area contributed by atoms with Crippen LogP contribution >= 0.6 is 0 Å². The van der Waals surface area contributed by atoms with Crippen molar-refractivity contribution in [3.8, 4) is 0 Å². The van der Waals surface area contributed by atoms with Crippen LogP contribution in [-0.2, 0) is 0 Å². The number of hydrogen-bond donors (Lipinski definition) is 1. The van der Waals surface area contributed by atoms with Crippen LogP contribution in [0.5, 0.6) is 0 Å². The van der Waals surface area contributed by atoms with Crippen LogP contribution in [0.25, 0.3) is 10.8 Å². The highest BCUT2D eigenvalue weighted by Crippen LogP contribution is 2.33. The zero-order valence-corrected chi connectivity index (χ0v) is 9.62. The van der Waals surface area contributed by atoms with Crippen molar-refractivity contribution in [3.63, 3.8) is 0 Å². The molecule has 0 spiro atoms. The van der Waals surface area contributed by atoms with Crippen molar-refractivity contribution >= 4 is 16.6 Å². The highest BCUT2D eigenvalue weighted by atomic mass is 16.1. The van der Waals surface area contributed by atoms with E-state index < -0.39 is 0 Å². The first-order valence-corrected chi connectivity index (χ1v) is 5.83. The van der Waals surface area contributed by atoms with E-state index in [0.717, 1.165) is 23.8 Å². The summed E-state index contributed by atoms with van der Waals surface area (Å²) in [6.07, 6.45) is 3.51. The molecular formula is C14H13NO2. The van der Waals surface area contributed by atoms with Crippen molar-refractivity contribution in [2.24, 2.45) is 5.92 Å². The minimum Gasteiger partial charge on any atom is -0.328 e. The van der Waals surface area contributed by atoms with Gasteiger partial charge in [0.25, 0.3) is 5.56 Å². The molecule has 3 nitrogen and oxygen atoms in total. The van der Waals surface area contributed by atoms with Crippen LogP contribution in [0, 0.1) is 12.8 Å². The predicted octanol–water partition coefficient (Wildman–Crippen LogP) is 2.43. The molecule has 86 valence electrons. The van der Waals surface area contributed by atoms with Gasteiger partial charge in [0.1, 0.15) is 0 Å². The lowest BCUT2D eigenvalue weighted by atomic mass is 10.0. The molecule has 0 atom stereocenters. The number of ketones is 1. The van der Waals surface area contributed by atoms with Crippen LogP contribution in [0.3, 0.4) is 0 Å². The Morgan fingerprint density at radius 1 is 1.29 bits per heavy atom. The molecule has 1 aliphatic rings. The van der Waals surface area contributed by atoms with E-state index in [1.807, 2.05) is 25.1 Å². The summed E-state index contributed by atoms with van der Waals surface area (Å²) in [5.74, 6) is 0.334. The van der Waals surface area contributed by atoms with Crippen LogP contribution < -0.4 is 5.56 Å². The molecule has 1 aromatic heterocycles. The van der Waals surface area contributed by atoms with Crippen LogP contribution in [0.15, 0.2) is 29.2 Å². The number of aromatic amines is 1. The molecule has 1 saturated carbocycles. The molecule has 17 heavy (non-hydrogen) atoms. The average Bonchev–Trinajstić information content (AvgIpc) is 3.13. The summed E-state index contributed by atoms with van der Waals surface area (Å²) in [5.41, 5.74) is 1.55. The number of rotatable bonds is 2. The van der Waals surface area contributed by atoms with Crippen LogP contribution in [0.1, 0.15) is 28.8 Å². The largest absolute Gasteiger partial charge is 0.328 e. The lowest BCUT2D eigenvalue weighted by Crippen LogP contribution is -2.11. The lowest BCUT2D eigenvalue weighted by Gasteiger charge is -2.05. The average molecular weight is 227 g/mol. The molecule has 0 unspecified atom stereocenters. The minimum atomic E-state index is -0.129. The van der Waals surface area contributed by atoms with Gasteiger partial charge in [-0.2, -0.15) is 0 Å². The maximum absolute atomic E-state index is 12.1. The van der Waals surface area contributed by atoms with Gasteiger partial charge in [0.05, 0.1) is 0 Å². The summed E-state index contributed by atoms with van der Waals surface area (Å²) in [6.45, 7) is 1.94. The number of pyridine rings is 1. The third-order valence-electron chi connectivity index (χ3n) is 3.27. The van der Waals surface area contributed by atoms with E-state index in [1.54, 1.807) is 6.20 Å². The summed E-state index contributed by atoms with van der Waals surface area (Å²) in [4.78, 5) is 26.5. The second-order valence-corrected chi connectivity index (χ2v) is 4.72. The van der Waals surface area contributed by atoms with E-state index in [9.17, 15) is 9.59 Å². The van der Waals surface area contributed by atoms with Crippen LogP contribution in [0.4, 0.5) is 0 Å². The quantitative estimate of drug-likeness (QED) is 0.801. The van der Waals surface area contributed by atoms with E-state index in [0.29, 0.717) is 10.9 Å². The Kier molecular flexibility index (Phi) is 2.15. The highest BCUT2D eigenvalue weighted by molar-refractivity contribution is 6.09. The van der Waals surface area contributed by atoms with Crippen molar-refractivity contribution in [2.75, 3.05) is 0 Å². The van der Waals surface area contributed by atoms with Gasteiger partial charge in [-0.15, -0.1) is 0 Å². The molecule has 3 heteroatoms. The second kappa shape index (κ2) is 3.55. The molecule has 0 saturated heterocycles. The highest BCUT2D eigenvalue weighted by Gasteiger charge is 2.31. The molecule has 3 rings (SSSR count). The fraction of sp³-hybridized carbons (Fsp3) is 0.286. The van der Waals surface area contributed by atoms with Crippen molar-refractivity contribution in [3.05, 3.63) is 45.9 Å². The van der Waals surface area contributed by atoms with Crippen LogP contribution in [-0.4, -0.2) is 10.8 Å². The Balaban J connectivity index is 2.29. The summed E-state index contributed by atoms with van der Waals surface area (Å²) < 4.78 is 0. The van der Waals surface area contributed by atoms with Crippen molar-refractivity contribution in [1.29, 1.82) is 0 Å². The third kappa shape index (κ3) is 1.68. The second-order valence-electron chi connectivity index (χ2n) is 4.72. The SMILES string of the molecule is Cc1ccc2c(C(=O)C3CC3)c[nH]c(=O)c2c1. The predicted molar refractivity (Wildman–Crippen MR) is 66.4 cm³/mol. The zero-order valence-electron chi connectivity index (χ0n) is 9.62. The molecule has 0 radical (unpaired) electrons. The first-order valence-electron chi connectivity index (χ1n) is 5.83. The molecule has 1 N–H and O–H groups in total. The van der Waals surface area contributed by atoms with E-state index >= 15 is 0 Å². The molecule has 0 amide bonds. The molecule has 0 aliphatic heterocycles. The van der Waals surface area contributed by atoms with Gasteiger partial charge in [0.15, 0.2) is 5.78 Å². The number of H-pyrrole nitrogens is 1. The topological polar surface area (TPSA) is 49.9 Å². The minimum absolute atomic E-state index is 0.129.